The van der Waals surface area contributed by atoms with Crippen LogP contribution in [0.25, 0.3) is 22.6 Å². The van der Waals surface area contributed by atoms with Gasteiger partial charge in [-0.05, 0) is 31.2 Å². The molecule has 108 valence electrons. The molecule has 0 unspecified atom stereocenters. The van der Waals surface area contributed by atoms with Crippen molar-refractivity contribution in [3.63, 3.8) is 0 Å². The summed E-state index contributed by atoms with van der Waals surface area (Å²) in [4.78, 5) is 20.2. The topological polar surface area (TPSA) is 63.1 Å². The summed E-state index contributed by atoms with van der Waals surface area (Å²) in [5, 5.41) is 9.32. The first-order chi connectivity index (χ1) is 10.6. The Balaban J connectivity index is 2.16. The molecule has 0 atom stereocenters. The van der Waals surface area contributed by atoms with Crippen molar-refractivity contribution in [2.24, 2.45) is 0 Å². The molecule has 1 aromatic carbocycles. The van der Waals surface area contributed by atoms with E-state index >= 15 is 0 Å². The molecule has 3 aromatic rings. The van der Waals surface area contributed by atoms with Gasteiger partial charge >= 0.3 is 5.97 Å². The van der Waals surface area contributed by atoms with Crippen LogP contribution in [0.4, 0.5) is 0 Å². The van der Waals surface area contributed by atoms with E-state index in [2.05, 4.69) is 9.97 Å². The predicted molar refractivity (Wildman–Crippen MR) is 84.6 cm³/mol. The number of rotatable bonds is 3. The van der Waals surface area contributed by atoms with Gasteiger partial charge in [0.05, 0.1) is 22.6 Å². The average Bonchev–Trinajstić information content (AvgIpc) is 2.56. The molecular formula is C18H14N2O2. The Labute approximate surface area is 128 Å². The van der Waals surface area contributed by atoms with Gasteiger partial charge in [-0.1, -0.05) is 35.9 Å². The summed E-state index contributed by atoms with van der Waals surface area (Å²) < 4.78 is 0. The van der Waals surface area contributed by atoms with Gasteiger partial charge in [-0.15, -0.1) is 0 Å². The quantitative estimate of drug-likeness (QED) is 0.796. The number of aromatic nitrogens is 2. The molecule has 22 heavy (non-hydrogen) atoms. The standard InChI is InChI=1S/C18H14N2O2/c1-12-5-7-13(8-6-12)16-10-14(18(21)22)11-17(20-16)15-4-2-3-9-19-15/h2-11H,1H3,(H,21,22). The Morgan fingerprint density at radius 1 is 0.955 bits per heavy atom. The van der Waals surface area contributed by atoms with Crippen LogP contribution in [-0.2, 0) is 0 Å². The normalized spacial score (nSPS) is 10.4. The molecule has 4 heteroatoms. The number of aromatic carboxylic acids is 1. The van der Waals surface area contributed by atoms with Crippen molar-refractivity contribution < 1.29 is 9.90 Å². The molecule has 0 spiro atoms. The summed E-state index contributed by atoms with van der Waals surface area (Å²) in [6.07, 6.45) is 1.66. The van der Waals surface area contributed by atoms with Crippen LogP contribution >= 0.6 is 0 Å². The van der Waals surface area contributed by atoms with Crippen molar-refractivity contribution in [1.29, 1.82) is 0 Å². The number of carbonyl (C=O) groups is 1. The fourth-order valence-corrected chi connectivity index (χ4v) is 2.17. The van der Waals surface area contributed by atoms with Crippen molar-refractivity contribution >= 4 is 5.97 Å². The molecule has 0 radical (unpaired) electrons. The van der Waals surface area contributed by atoms with E-state index in [4.69, 9.17) is 0 Å². The Hall–Kier alpha value is -3.01. The lowest BCUT2D eigenvalue weighted by atomic mass is 10.1. The zero-order valence-electron chi connectivity index (χ0n) is 12.0. The fourth-order valence-electron chi connectivity index (χ4n) is 2.17. The number of carboxylic acids is 1. The summed E-state index contributed by atoms with van der Waals surface area (Å²) in [5.41, 5.74) is 4.05. The van der Waals surface area contributed by atoms with Crippen LogP contribution < -0.4 is 0 Å². The Morgan fingerprint density at radius 3 is 2.32 bits per heavy atom. The minimum absolute atomic E-state index is 0.200. The number of benzene rings is 1. The van der Waals surface area contributed by atoms with E-state index in [1.807, 2.05) is 49.4 Å². The van der Waals surface area contributed by atoms with E-state index in [-0.39, 0.29) is 5.56 Å². The number of hydrogen-bond acceptors (Lipinski definition) is 3. The molecule has 0 aliphatic carbocycles. The third-order valence-corrected chi connectivity index (χ3v) is 3.35. The Morgan fingerprint density at radius 2 is 1.68 bits per heavy atom. The second-order valence-electron chi connectivity index (χ2n) is 5.01. The van der Waals surface area contributed by atoms with Crippen LogP contribution in [0.5, 0.6) is 0 Å². The third kappa shape index (κ3) is 2.86. The molecule has 4 nitrogen and oxygen atoms in total. The van der Waals surface area contributed by atoms with Crippen LogP contribution in [0.15, 0.2) is 60.8 Å². The average molecular weight is 290 g/mol. The van der Waals surface area contributed by atoms with Crippen LogP contribution in [0.1, 0.15) is 15.9 Å². The van der Waals surface area contributed by atoms with E-state index in [0.717, 1.165) is 11.1 Å². The summed E-state index contributed by atoms with van der Waals surface area (Å²) in [6, 6.07) is 16.4. The molecule has 0 aliphatic rings. The molecule has 1 N–H and O–H groups in total. The lowest BCUT2D eigenvalue weighted by Crippen LogP contribution is -2.00. The van der Waals surface area contributed by atoms with Gasteiger partial charge in [0, 0.05) is 11.8 Å². The number of nitrogens with zero attached hydrogens (tertiary/aromatic N) is 2. The number of aryl methyl sites for hydroxylation is 1. The van der Waals surface area contributed by atoms with E-state index < -0.39 is 5.97 Å². The second-order valence-corrected chi connectivity index (χ2v) is 5.01. The fraction of sp³-hybridized carbons (Fsp3) is 0.0556. The van der Waals surface area contributed by atoms with Gasteiger partial charge in [0.25, 0.3) is 0 Å². The molecule has 0 bridgehead atoms. The molecule has 3 rings (SSSR count). The minimum atomic E-state index is -0.979. The van der Waals surface area contributed by atoms with Gasteiger partial charge in [0.15, 0.2) is 0 Å². The molecule has 0 saturated heterocycles. The highest BCUT2D eigenvalue weighted by Gasteiger charge is 2.11. The van der Waals surface area contributed by atoms with Crippen LogP contribution in [0.3, 0.4) is 0 Å². The van der Waals surface area contributed by atoms with E-state index in [0.29, 0.717) is 17.1 Å². The molecule has 0 amide bonds. The number of hydrogen-bond donors (Lipinski definition) is 1. The van der Waals surface area contributed by atoms with Gasteiger partial charge in [-0.3, -0.25) is 4.98 Å². The Bertz CT molecular complexity index is 812. The smallest absolute Gasteiger partial charge is 0.335 e. The van der Waals surface area contributed by atoms with Crippen LogP contribution in [-0.4, -0.2) is 21.0 Å². The third-order valence-electron chi connectivity index (χ3n) is 3.35. The van der Waals surface area contributed by atoms with Gasteiger partial charge in [0.1, 0.15) is 0 Å². The maximum atomic E-state index is 11.4. The highest BCUT2D eigenvalue weighted by Crippen LogP contribution is 2.24. The summed E-state index contributed by atoms with van der Waals surface area (Å²) >= 11 is 0. The zero-order chi connectivity index (χ0) is 15.5. The lowest BCUT2D eigenvalue weighted by Gasteiger charge is -2.07. The largest absolute Gasteiger partial charge is 0.478 e. The molecular weight excluding hydrogens is 276 g/mol. The molecule has 2 aromatic heterocycles. The van der Waals surface area contributed by atoms with Crippen molar-refractivity contribution in [3.05, 3.63) is 71.9 Å². The van der Waals surface area contributed by atoms with Crippen LogP contribution in [0, 0.1) is 6.92 Å². The minimum Gasteiger partial charge on any atom is -0.478 e. The summed E-state index contributed by atoms with van der Waals surface area (Å²) in [7, 11) is 0. The number of carboxylic acid groups (broad SMARTS) is 1. The van der Waals surface area contributed by atoms with Crippen molar-refractivity contribution in [2.45, 2.75) is 6.92 Å². The van der Waals surface area contributed by atoms with Gasteiger partial charge < -0.3 is 5.11 Å². The lowest BCUT2D eigenvalue weighted by molar-refractivity contribution is 0.0697. The van der Waals surface area contributed by atoms with Crippen LogP contribution in [0.2, 0.25) is 0 Å². The summed E-state index contributed by atoms with van der Waals surface area (Å²) in [6.45, 7) is 2.00. The number of pyridine rings is 2. The first-order valence-corrected chi connectivity index (χ1v) is 6.87. The van der Waals surface area contributed by atoms with Crippen molar-refractivity contribution in [1.82, 2.24) is 9.97 Å². The highest BCUT2D eigenvalue weighted by molar-refractivity contribution is 5.90. The van der Waals surface area contributed by atoms with Gasteiger partial charge in [-0.2, -0.15) is 0 Å². The molecule has 2 heterocycles. The summed E-state index contributed by atoms with van der Waals surface area (Å²) in [5.74, 6) is -0.979. The van der Waals surface area contributed by atoms with Gasteiger partial charge in [-0.25, -0.2) is 9.78 Å². The van der Waals surface area contributed by atoms with E-state index in [1.165, 1.54) is 0 Å². The first-order valence-electron chi connectivity index (χ1n) is 6.87. The highest BCUT2D eigenvalue weighted by atomic mass is 16.4. The van der Waals surface area contributed by atoms with Crippen molar-refractivity contribution in [2.75, 3.05) is 0 Å². The second kappa shape index (κ2) is 5.77. The maximum Gasteiger partial charge on any atom is 0.335 e. The maximum absolute atomic E-state index is 11.4. The predicted octanol–water partition coefficient (Wildman–Crippen LogP) is 3.82. The molecule has 0 fully saturated rings. The van der Waals surface area contributed by atoms with Gasteiger partial charge in [0.2, 0.25) is 0 Å². The van der Waals surface area contributed by atoms with Crippen molar-refractivity contribution in [3.8, 4) is 22.6 Å². The zero-order valence-corrected chi connectivity index (χ0v) is 12.0. The van der Waals surface area contributed by atoms with E-state index in [9.17, 15) is 9.90 Å². The molecule has 0 aliphatic heterocycles. The Kier molecular flexibility index (Phi) is 3.66. The SMILES string of the molecule is Cc1ccc(-c2cc(C(=O)O)cc(-c3ccccn3)n2)cc1. The molecule has 0 saturated carbocycles. The monoisotopic (exact) mass is 290 g/mol. The first kappa shape index (κ1) is 13.9. The van der Waals surface area contributed by atoms with E-state index in [1.54, 1.807) is 18.3 Å².